The van der Waals surface area contributed by atoms with E-state index in [-0.39, 0.29) is 24.3 Å². The fourth-order valence-electron chi connectivity index (χ4n) is 3.00. The Labute approximate surface area is 122 Å². The van der Waals surface area contributed by atoms with Gasteiger partial charge in [-0.15, -0.1) is 0 Å². The summed E-state index contributed by atoms with van der Waals surface area (Å²) in [5.74, 6) is -1.04. The van der Waals surface area contributed by atoms with E-state index in [4.69, 9.17) is 0 Å². The number of amides is 3. The Morgan fingerprint density at radius 3 is 2.76 bits per heavy atom. The standard InChI is InChI=1S/C14H18N4O3/c19-12-6-5-10(13(20)17-12)16-14(21)11-7-8-15-18(11)9-3-1-2-4-9/h7-10H,1-6H2,(H,16,21)(H,17,19,20). The lowest BCUT2D eigenvalue weighted by Gasteiger charge is -2.22. The zero-order chi connectivity index (χ0) is 14.8. The second-order valence-corrected chi connectivity index (χ2v) is 5.58. The molecule has 1 aliphatic carbocycles. The van der Waals surface area contributed by atoms with Crippen molar-refractivity contribution in [1.82, 2.24) is 20.4 Å². The fraction of sp³-hybridized carbons (Fsp3) is 0.571. The summed E-state index contributed by atoms with van der Waals surface area (Å²) in [6.45, 7) is 0. The molecule has 7 nitrogen and oxygen atoms in total. The Morgan fingerprint density at radius 2 is 2.05 bits per heavy atom. The van der Waals surface area contributed by atoms with Crippen molar-refractivity contribution >= 4 is 17.7 Å². The average Bonchev–Trinajstić information content (AvgIpc) is 3.10. The van der Waals surface area contributed by atoms with Crippen LogP contribution >= 0.6 is 0 Å². The van der Waals surface area contributed by atoms with Crippen LogP contribution in [0.5, 0.6) is 0 Å². The van der Waals surface area contributed by atoms with Crippen molar-refractivity contribution in [3.63, 3.8) is 0 Å². The zero-order valence-corrected chi connectivity index (χ0v) is 11.7. The number of imide groups is 1. The van der Waals surface area contributed by atoms with Crippen LogP contribution in [0, 0.1) is 0 Å². The van der Waals surface area contributed by atoms with Gasteiger partial charge in [-0.3, -0.25) is 24.4 Å². The van der Waals surface area contributed by atoms with E-state index in [1.807, 2.05) is 0 Å². The summed E-state index contributed by atoms with van der Waals surface area (Å²) < 4.78 is 1.76. The number of rotatable bonds is 3. The summed E-state index contributed by atoms with van der Waals surface area (Å²) in [5.41, 5.74) is 0.478. The minimum absolute atomic E-state index is 0.249. The molecule has 3 rings (SSSR count). The maximum atomic E-state index is 12.3. The monoisotopic (exact) mass is 290 g/mol. The molecule has 7 heteroatoms. The molecule has 1 saturated carbocycles. The van der Waals surface area contributed by atoms with E-state index >= 15 is 0 Å². The van der Waals surface area contributed by atoms with Gasteiger partial charge >= 0.3 is 0 Å². The van der Waals surface area contributed by atoms with Crippen LogP contribution in [0.1, 0.15) is 55.1 Å². The molecule has 1 aromatic rings. The molecular weight excluding hydrogens is 272 g/mol. The highest BCUT2D eigenvalue weighted by Gasteiger charge is 2.30. The second kappa shape index (κ2) is 5.67. The Hall–Kier alpha value is -2.18. The van der Waals surface area contributed by atoms with E-state index < -0.39 is 11.9 Å². The molecule has 0 aromatic carbocycles. The number of aromatic nitrogens is 2. The number of hydrogen-bond acceptors (Lipinski definition) is 4. The first-order valence-electron chi connectivity index (χ1n) is 7.33. The lowest BCUT2D eigenvalue weighted by molar-refractivity contribution is -0.134. The Balaban J connectivity index is 1.70. The van der Waals surface area contributed by atoms with E-state index in [0.717, 1.165) is 25.7 Å². The van der Waals surface area contributed by atoms with Gasteiger partial charge in [0.15, 0.2) is 0 Å². The Bertz CT molecular complexity index is 575. The van der Waals surface area contributed by atoms with Gasteiger partial charge in [-0.1, -0.05) is 12.8 Å². The van der Waals surface area contributed by atoms with Crippen molar-refractivity contribution in [1.29, 1.82) is 0 Å². The van der Waals surface area contributed by atoms with Crippen molar-refractivity contribution in [3.05, 3.63) is 18.0 Å². The lowest BCUT2D eigenvalue weighted by atomic mass is 10.1. The normalized spacial score (nSPS) is 23.1. The molecule has 1 saturated heterocycles. The smallest absolute Gasteiger partial charge is 0.270 e. The van der Waals surface area contributed by atoms with Gasteiger partial charge in [-0.25, -0.2) is 0 Å². The number of nitrogens with zero attached hydrogens (tertiary/aromatic N) is 2. The molecule has 21 heavy (non-hydrogen) atoms. The number of piperidine rings is 1. The van der Waals surface area contributed by atoms with Crippen molar-refractivity contribution in [2.45, 2.75) is 50.6 Å². The maximum Gasteiger partial charge on any atom is 0.270 e. The molecule has 1 unspecified atom stereocenters. The van der Waals surface area contributed by atoms with Crippen LogP contribution in [0.4, 0.5) is 0 Å². The maximum absolute atomic E-state index is 12.3. The number of hydrogen-bond donors (Lipinski definition) is 2. The summed E-state index contributed by atoms with van der Waals surface area (Å²) in [7, 11) is 0. The molecule has 0 bridgehead atoms. The molecule has 0 radical (unpaired) electrons. The third-order valence-electron chi connectivity index (χ3n) is 4.12. The van der Waals surface area contributed by atoms with Crippen molar-refractivity contribution in [2.75, 3.05) is 0 Å². The molecule has 2 fully saturated rings. The SMILES string of the molecule is O=C1CCC(NC(=O)c2ccnn2C2CCCC2)C(=O)N1. The van der Waals surface area contributed by atoms with Crippen LogP contribution in [0.25, 0.3) is 0 Å². The molecule has 0 spiro atoms. The van der Waals surface area contributed by atoms with E-state index in [2.05, 4.69) is 15.7 Å². The van der Waals surface area contributed by atoms with Gasteiger partial charge in [-0.05, 0) is 25.3 Å². The van der Waals surface area contributed by atoms with Crippen molar-refractivity contribution in [2.24, 2.45) is 0 Å². The molecule has 1 aromatic heterocycles. The van der Waals surface area contributed by atoms with Crippen LogP contribution < -0.4 is 10.6 Å². The first-order chi connectivity index (χ1) is 10.1. The van der Waals surface area contributed by atoms with E-state index in [1.54, 1.807) is 16.9 Å². The highest BCUT2D eigenvalue weighted by molar-refractivity contribution is 6.03. The van der Waals surface area contributed by atoms with Gasteiger partial charge in [0.1, 0.15) is 11.7 Å². The number of nitrogens with one attached hydrogen (secondary N) is 2. The van der Waals surface area contributed by atoms with Crippen LogP contribution in [0.15, 0.2) is 12.3 Å². The number of carbonyl (C=O) groups excluding carboxylic acids is 3. The van der Waals surface area contributed by atoms with Gasteiger partial charge in [0.05, 0.1) is 6.04 Å². The number of carbonyl (C=O) groups is 3. The molecule has 112 valence electrons. The molecule has 2 aliphatic rings. The molecular formula is C14H18N4O3. The first kappa shape index (κ1) is 13.8. The summed E-state index contributed by atoms with van der Waals surface area (Å²) in [4.78, 5) is 35.1. The van der Waals surface area contributed by atoms with Crippen molar-refractivity contribution < 1.29 is 14.4 Å². The third kappa shape index (κ3) is 2.81. The molecule has 2 N–H and O–H groups in total. The van der Waals surface area contributed by atoms with Crippen LogP contribution in [-0.2, 0) is 9.59 Å². The van der Waals surface area contributed by atoms with E-state index in [9.17, 15) is 14.4 Å². The van der Waals surface area contributed by atoms with E-state index in [1.165, 1.54) is 0 Å². The summed E-state index contributed by atoms with van der Waals surface area (Å²) in [6.07, 6.45) is 6.56. The van der Waals surface area contributed by atoms with Gasteiger partial charge in [0.25, 0.3) is 5.91 Å². The van der Waals surface area contributed by atoms with Crippen LogP contribution in [0.2, 0.25) is 0 Å². The molecule has 1 atom stereocenters. The van der Waals surface area contributed by atoms with Crippen LogP contribution in [0.3, 0.4) is 0 Å². The van der Waals surface area contributed by atoms with Gasteiger partial charge in [0, 0.05) is 12.6 Å². The Morgan fingerprint density at radius 1 is 1.29 bits per heavy atom. The van der Waals surface area contributed by atoms with Gasteiger partial charge in [0.2, 0.25) is 11.8 Å². The quantitative estimate of drug-likeness (QED) is 0.794. The summed E-state index contributed by atoms with van der Waals surface area (Å²) >= 11 is 0. The Kier molecular flexibility index (Phi) is 3.72. The molecule has 1 aliphatic heterocycles. The fourth-order valence-corrected chi connectivity index (χ4v) is 3.00. The predicted octanol–water partition coefficient (Wildman–Crippen LogP) is 0.533. The summed E-state index contributed by atoms with van der Waals surface area (Å²) in [6, 6.07) is 1.28. The van der Waals surface area contributed by atoms with Gasteiger partial charge in [-0.2, -0.15) is 5.10 Å². The molecule has 2 heterocycles. The van der Waals surface area contributed by atoms with Gasteiger partial charge < -0.3 is 5.32 Å². The topological polar surface area (TPSA) is 93.1 Å². The highest BCUT2D eigenvalue weighted by atomic mass is 16.2. The average molecular weight is 290 g/mol. The minimum Gasteiger partial charge on any atom is -0.339 e. The highest BCUT2D eigenvalue weighted by Crippen LogP contribution is 2.29. The van der Waals surface area contributed by atoms with Crippen LogP contribution in [-0.4, -0.2) is 33.5 Å². The predicted molar refractivity (Wildman–Crippen MR) is 73.4 cm³/mol. The lowest BCUT2D eigenvalue weighted by Crippen LogP contribution is -2.52. The van der Waals surface area contributed by atoms with Crippen molar-refractivity contribution in [3.8, 4) is 0 Å². The zero-order valence-electron chi connectivity index (χ0n) is 11.7. The summed E-state index contributed by atoms with van der Waals surface area (Å²) in [5, 5.41) is 9.17. The second-order valence-electron chi connectivity index (χ2n) is 5.58. The molecule has 3 amide bonds. The third-order valence-corrected chi connectivity index (χ3v) is 4.12. The minimum atomic E-state index is -0.651. The van der Waals surface area contributed by atoms with E-state index in [0.29, 0.717) is 12.1 Å². The first-order valence-corrected chi connectivity index (χ1v) is 7.33. The largest absolute Gasteiger partial charge is 0.339 e.